The molecule has 1 aromatic rings. The van der Waals surface area contributed by atoms with Crippen LogP contribution in [0.2, 0.25) is 5.02 Å². The number of methoxy groups -OCH3 is 1. The number of hydrogen-bond acceptors (Lipinski definition) is 3. The summed E-state index contributed by atoms with van der Waals surface area (Å²) in [6, 6.07) is 2.86. The van der Waals surface area contributed by atoms with Gasteiger partial charge in [-0.3, -0.25) is 4.79 Å². The van der Waals surface area contributed by atoms with Crippen LogP contribution < -0.4 is 10.1 Å². The van der Waals surface area contributed by atoms with Crippen molar-refractivity contribution in [2.75, 3.05) is 33.8 Å². The molecule has 1 saturated heterocycles. The Hall–Kier alpha value is -1.59. The minimum Gasteiger partial charge on any atom is -0.495 e. The molecule has 1 aromatic carbocycles. The molecule has 0 bridgehead atoms. The van der Waals surface area contributed by atoms with E-state index in [2.05, 4.69) is 19.2 Å². The summed E-state index contributed by atoms with van der Waals surface area (Å²) in [4.78, 5) is 14.8. The van der Waals surface area contributed by atoms with E-state index in [0.717, 1.165) is 12.8 Å². The average Bonchev–Trinajstić information content (AvgIpc) is 2.57. The molecule has 138 valence electrons. The summed E-state index contributed by atoms with van der Waals surface area (Å²) in [7, 11) is 3.22. The van der Waals surface area contributed by atoms with Gasteiger partial charge in [-0.15, -0.1) is 0 Å². The first-order chi connectivity index (χ1) is 12.0. The first kappa shape index (κ1) is 19.7. The molecule has 0 aromatic heterocycles. The van der Waals surface area contributed by atoms with E-state index in [0.29, 0.717) is 25.2 Å². The molecular formula is C19H26ClFN2O2. The Bertz CT molecular complexity index is 662. The molecule has 1 aliphatic heterocycles. The molecule has 0 aliphatic carbocycles. The Morgan fingerprint density at radius 2 is 2.00 bits per heavy atom. The molecule has 1 atom stereocenters. The summed E-state index contributed by atoms with van der Waals surface area (Å²) < 4.78 is 19.0. The second-order valence-electron chi connectivity index (χ2n) is 6.20. The van der Waals surface area contributed by atoms with Gasteiger partial charge >= 0.3 is 0 Å². The second-order valence-corrected chi connectivity index (χ2v) is 6.58. The summed E-state index contributed by atoms with van der Waals surface area (Å²) in [5, 5.41) is 2.95. The Morgan fingerprint density at radius 3 is 2.52 bits per heavy atom. The third-order valence-electron chi connectivity index (χ3n) is 4.79. The molecule has 1 fully saturated rings. The lowest BCUT2D eigenvalue weighted by atomic mass is 9.91. The van der Waals surface area contributed by atoms with Gasteiger partial charge in [-0.25, -0.2) is 4.39 Å². The number of amides is 1. The number of carbonyl (C=O) groups is 1. The largest absolute Gasteiger partial charge is 0.495 e. The fourth-order valence-electron chi connectivity index (χ4n) is 3.33. The molecule has 6 heteroatoms. The van der Waals surface area contributed by atoms with Crippen LogP contribution in [0, 0.1) is 5.82 Å². The molecule has 1 amide bonds. The van der Waals surface area contributed by atoms with Gasteiger partial charge in [0.25, 0.3) is 0 Å². The lowest BCUT2D eigenvalue weighted by molar-refractivity contribution is -0.134. The van der Waals surface area contributed by atoms with Crippen molar-refractivity contribution in [3.05, 3.63) is 39.7 Å². The lowest BCUT2D eigenvalue weighted by Gasteiger charge is -2.38. The Labute approximate surface area is 154 Å². The summed E-state index contributed by atoms with van der Waals surface area (Å²) in [6.45, 7) is 6.07. The fraction of sp³-hybridized carbons (Fsp3) is 0.526. The zero-order valence-electron chi connectivity index (χ0n) is 15.3. The molecule has 1 unspecified atom stereocenters. The molecule has 4 nitrogen and oxygen atoms in total. The Morgan fingerprint density at radius 1 is 1.36 bits per heavy atom. The Balaban J connectivity index is 2.27. The van der Waals surface area contributed by atoms with Crippen LogP contribution >= 0.6 is 11.6 Å². The Kier molecular flexibility index (Phi) is 6.85. The average molecular weight is 369 g/mol. The van der Waals surface area contributed by atoms with Gasteiger partial charge < -0.3 is 15.0 Å². The van der Waals surface area contributed by atoms with Gasteiger partial charge in [0.1, 0.15) is 16.6 Å². The van der Waals surface area contributed by atoms with Crippen molar-refractivity contribution >= 4 is 17.5 Å². The van der Waals surface area contributed by atoms with Crippen LogP contribution in [0.3, 0.4) is 0 Å². The quantitative estimate of drug-likeness (QED) is 0.745. The standard InChI is InChI=1S/C19H26ClFN2O2/c1-5-12(6-2)13-10-23(11-13)19(24)15(9-22-3)14-7-8-16(21)17(20)18(14)25-4/h7-8,15,22H,5-6,9-11H2,1-4H3. The van der Waals surface area contributed by atoms with Crippen LogP contribution in [0.25, 0.3) is 0 Å². The summed E-state index contributed by atoms with van der Waals surface area (Å²) in [6.07, 6.45) is 2.05. The van der Waals surface area contributed by atoms with E-state index >= 15 is 0 Å². The van der Waals surface area contributed by atoms with E-state index in [-0.39, 0.29) is 16.7 Å². The van der Waals surface area contributed by atoms with Gasteiger partial charge in [-0.1, -0.05) is 37.1 Å². The van der Waals surface area contributed by atoms with Gasteiger partial charge in [0.2, 0.25) is 5.91 Å². The van der Waals surface area contributed by atoms with Crippen LogP contribution in [-0.4, -0.2) is 44.6 Å². The number of allylic oxidation sites excluding steroid dienone is 1. The number of hydrogen-bond donors (Lipinski definition) is 1. The van der Waals surface area contributed by atoms with Crippen molar-refractivity contribution in [1.82, 2.24) is 10.2 Å². The molecule has 0 saturated carbocycles. The molecule has 0 spiro atoms. The molecular weight excluding hydrogens is 343 g/mol. The number of likely N-dealkylation sites (N-methyl/N-ethyl adjacent to an activating group) is 1. The number of carbonyl (C=O) groups excluding carboxylic acids is 1. The van der Waals surface area contributed by atoms with Crippen LogP contribution in [0.1, 0.15) is 38.2 Å². The summed E-state index contributed by atoms with van der Waals surface area (Å²) in [5.41, 5.74) is 3.39. The second kappa shape index (κ2) is 8.68. The van der Waals surface area contributed by atoms with E-state index in [4.69, 9.17) is 16.3 Å². The minimum atomic E-state index is -0.553. The first-order valence-corrected chi connectivity index (χ1v) is 9.01. The van der Waals surface area contributed by atoms with Crippen molar-refractivity contribution in [3.63, 3.8) is 0 Å². The predicted molar refractivity (Wildman–Crippen MR) is 98.8 cm³/mol. The summed E-state index contributed by atoms with van der Waals surface area (Å²) in [5.74, 6) is -0.783. The maximum atomic E-state index is 13.7. The summed E-state index contributed by atoms with van der Waals surface area (Å²) >= 11 is 6.02. The van der Waals surface area contributed by atoms with E-state index in [1.807, 2.05) is 4.90 Å². The number of likely N-dealkylation sites (tertiary alicyclic amines) is 1. The van der Waals surface area contributed by atoms with Crippen molar-refractivity contribution in [2.24, 2.45) is 0 Å². The van der Waals surface area contributed by atoms with Crippen LogP contribution in [0.4, 0.5) is 4.39 Å². The van der Waals surface area contributed by atoms with Gasteiger partial charge in [0.15, 0.2) is 0 Å². The van der Waals surface area contributed by atoms with Crippen molar-refractivity contribution in [3.8, 4) is 5.75 Å². The molecule has 25 heavy (non-hydrogen) atoms. The maximum absolute atomic E-state index is 13.7. The smallest absolute Gasteiger partial charge is 0.232 e. The van der Waals surface area contributed by atoms with Crippen molar-refractivity contribution < 1.29 is 13.9 Å². The maximum Gasteiger partial charge on any atom is 0.232 e. The number of nitrogens with one attached hydrogen (secondary N) is 1. The fourth-order valence-corrected chi connectivity index (χ4v) is 3.58. The predicted octanol–water partition coefficient (Wildman–Crippen LogP) is 3.75. The monoisotopic (exact) mass is 368 g/mol. The zero-order chi connectivity index (χ0) is 18.6. The third-order valence-corrected chi connectivity index (χ3v) is 5.15. The number of halogens is 2. The SMILES string of the molecule is CCC(CC)=C1CN(C(=O)C(CNC)c2ccc(F)c(Cl)c2OC)C1. The lowest BCUT2D eigenvalue weighted by Crippen LogP contribution is -2.48. The number of ether oxygens (including phenoxy) is 1. The first-order valence-electron chi connectivity index (χ1n) is 8.63. The third kappa shape index (κ3) is 3.98. The highest BCUT2D eigenvalue weighted by Gasteiger charge is 2.34. The van der Waals surface area contributed by atoms with Crippen LogP contribution in [0.15, 0.2) is 23.3 Å². The highest BCUT2D eigenvalue weighted by atomic mass is 35.5. The number of benzene rings is 1. The topological polar surface area (TPSA) is 41.6 Å². The molecule has 1 heterocycles. The van der Waals surface area contributed by atoms with Gasteiger partial charge in [-0.2, -0.15) is 0 Å². The molecule has 1 aliphatic rings. The molecule has 2 rings (SSSR count). The van der Waals surface area contributed by atoms with E-state index in [1.54, 1.807) is 13.1 Å². The normalized spacial score (nSPS) is 15.0. The molecule has 0 radical (unpaired) electrons. The van der Waals surface area contributed by atoms with Crippen LogP contribution in [-0.2, 0) is 4.79 Å². The van der Waals surface area contributed by atoms with Crippen molar-refractivity contribution in [1.29, 1.82) is 0 Å². The van der Waals surface area contributed by atoms with Crippen LogP contribution in [0.5, 0.6) is 5.75 Å². The van der Waals surface area contributed by atoms with Gasteiger partial charge in [0.05, 0.1) is 13.0 Å². The van der Waals surface area contributed by atoms with E-state index in [1.165, 1.54) is 24.3 Å². The van der Waals surface area contributed by atoms with Gasteiger partial charge in [0, 0.05) is 25.2 Å². The zero-order valence-corrected chi connectivity index (χ0v) is 16.0. The number of nitrogens with zero attached hydrogens (tertiary/aromatic N) is 1. The highest BCUT2D eigenvalue weighted by molar-refractivity contribution is 6.32. The molecule has 1 N–H and O–H groups in total. The van der Waals surface area contributed by atoms with E-state index < -0.39 is 11.7 Å². The van der Waals surface area contributed by atoms with Gasteiger partial charge in [-0.05, 0) is 31.5 Å². The minimum absolute atomic E-state index is 0.00521. The highest BCUT2D eigenvalue weighted by Crippen LogP contribution is 2.37. The number of rotatable bonds is 7. The van der Waals surface area contributed by atoms with E-state index in [9.17, 15) is 9.18 Å². The van der Waals surface area contributed by atoms with Crippen molar-refractivity contribution in [2.45, 2.75) is 32.6 Å².